The van der Waals surface area contributed by atoms with Gasteiger partial charge in [-0.25, -0.2) is 0 Å². The second kappa shape index (κ2) is 2.72. The zero-order valence-electron chi connectivity index (χ0n) is 6.34. The third-order valence-electron chi connectivity index (χ3n) is 1.90. The molecule has 2 rings (SSSR count). The van der Waals surface area contributed by atoms with Gasteiger partial charge >= 0.3 is 0 Å². The summed E-state index contributed by atoms with van der Waals surface area (Å²) in [6.07, 6.45) is 4.54. The second-order valence-corrected chi connectivity index (χ2v) is 3.08. The van der Waals surface area contributed by atoms with Crippen LogP contribution in [0.3, 0.4) is 0 Å². The predicted octanol–water partition coefficient (Wildman–Crippen LogP) is 2.53. The Labute approximate surface area is 75.5 Å². The van der Waals surface area contributed by atoms with E-state index in [-0.39, 0.29) is 5.75 Å². The number of fused-ring (bicyclic) bond motifs is 1. The van der Waals surface area contributed by atoms with Crippen molar-refractivity contribution in [3.05, 3.63) is 35.0 Å². The van der Waals surface area contributed by atoms with Crippen LogP contribution >= 0.6 is 11.6 Å². The molecule has 0 radical (unpaired) electrons. The molecule has 0 saturated carbocycles. The maximum Gasteiger partial charge on any atom is 0.139 e. The van der Waals surface area contributed by atoms with Gasteiger partial charge in [-0.2, -0.15) is 0 Å². The molecule has 0 atom stereocenters. The quantitative estimate of drug-likeness (QED) is 0.603. The predicted molar refractivity (Wildman–Crippen MR) is 49.6 cm³/mol. The van der Waals surface area contributed by atoms with E-state index in [0.29, 0.717) is 5.02 Å². The van der Waals surface area contributed by atoms with E-state index >= 15 is 0 Å². The summed E-state index contributed by atoms with van der Waals surface area (Å²) in [6, 6.07) is 3.30. The molecule has 3 heteroatoms. The Morgan fingerprint density at radius 2 is 2.25 bits per heavy atom. The zero-order valence-corrected chi connectivity index (χ0v) is 7.10. The van der Waals surface area contributed by atoms with Crippen molar-refractivity contribution >= 4 is 17.3 Å². The van der Waals surface area contributed by atoms with Crippen LogP contribution in [-0.2, 0) is 6.42 Å². The molecule has 0 aliphatic carbocycles. The van der Waals surface area contributed by atoms with Crippen LogP contribution in [0.25, 0.3) is 0 Å². The SMILES string of the molecule is Oc1ccc(Cl)c2c1NC=CC2. The highest BCUT2D eigenvalue weighted by molar-refractivity contribution is 6.32. The number of anilines is 1. The number of aromatic hydroxyl groups is 1. The zero-order chi connectivity index (χ0) is 8.55. The van der Waals surface area contributed by atoms with Crippen molar-refractivity contribution in [2.75, 3.05) is 5.32 Å². The molecule has 0 fully saturated rings. The molecule has 0 aromatic heterocycles. The first-order valence-corrected chi connectivity index (χ1v) is 4.09. The Morgan fingerprint density at radius 3 is 3.00 bits per heavy atom. The monoisotopic (exact) mass is 181 g/mol. The average Bonchev–Trinajstić information content (AvgIpc) is 2.12. The van der Waals surface area contributed by atoms with Crippen molar-refractivity contribution in [1.29, 1.82) is 0 Å². The number of allylic oxidation sites excluding steroid dienone is 1. The largest absolute Gasteiger partial charge is 0.506 e. The van der Waals surface area contributed by atoms with E-state index in [2.05, 4.69) is 5.32 Å². The van der Waals surface area contributed by atoms with E-state index in [4.69, 9.17) is 11.6 Å². The fourth-order valence-corrected chi connectivity index (χ4v) is 1.52. The topological polar surface area (TPSA) is 32.3 Å². The molecule has 2 N–H and O–H groups in total. The molecule has 0 amide bonds. The number of benzene rings is 1. The van der Waals surface area contributed by atoms with Gasteiger partial charge in [0.2, 0.25) is 0 Å². The van der Waals surface area contributed by atoms with Crippen LogP contribution in [0, 0.1) is 0 Å². The minimum atomic E-state index is 0.249. The Morgan fingerprint density at radius 1 is 1.42 bits per heavy atom. The lowest BCUT2D eigenvalue weighted by Crippen LogP contribution is -2.00. The van der Waals surface area contributed by atoms with Crippen molar-refractivity contribution in [1.82, 2.24) is 0 Å². The molecule has 1 heterocycles. The first-order chi connectivity index (χ1) is 5.79. The highest BCUT2D eigenvalue weighted by Crippen LogP contribution is 2.35. The molecular weight excluding hydrogens is 174 g/mol. The van der Waals surface area contributed by atoms with Crippen LogP contribution in [-0.4, -0.2) is 5.11 Å². The lowest BCUT2D eigenvalue weighted by molar-refractivity contribution is 0.477. The number of nitrogens with one attached hydrogen (secondary N) is 1. The Hall–Kier alpha value is -1.15. The standard InChI is InChI=1S/C9H8ClNO/c10-7-3-4-8(12)9-6(7)2-1-5-11-9/h1,3-5,11-12H,2H2. The molecule has 0 bridgehead atoms. The molecule has 1 aliphatic heterocycles. The Balaban J connectivity index is 2.61. The highest BCUT2D eigenvalue weighted by atomic mass is 35.5. The fraction of sp³-hybridized carbons (Fsp3) is 0.111. The fourth-order valence-electron chi connectivity index (χ4n) is 1.29. The smallest absolute Gasteiger partial charge is 0.139 e. The van der Waals surface area contributed by atoms with Crippen molar-refractivity contribution in [2.45, 2.75) is 6.42 Å². The van der Waals surface area contributed by atoms with Gasteiger partial charge in [0.1, 0.15) is 5.75 Å². The molecule has 2 nitrogen and oxygen atoms in total. The summed E-state index contributed by atoms with van der Waals surface area (Å²) >= 11 is 5.93. The van der Waals surface area contributed by atoms with Crippen molar-refractivity contribution in [3.8, 4) is 5.75 Å². The summed E-state index contributed by atoms with van der Waals surface area (Å²) in [6.45, 7) is 0. The number of halogens is 1. The van der Waals surface area contributed by atoms with Crippen molar-refractivity contribution < 1.29 is 5.11 Å². The van der Waals surface area contributed by atoms with Gasteiger partial charge in [-0.3, -0.25) is 0 Å². The van der Waals surface area contributed by atoms with Gasteiger partial charge in [-0.1, -0.05) is 17.7 Å². The maximum atomic E-state index is 9.43. The van der Waals surface area contributed by atoms with Crippen LogP contribution in [0.5, 0.6) is 5.75 Å². The van der Waals surface area contributed by atoms with Gasteiger partial charge in [-0.15, -0.1) is 0 Å². The summed E-state index contributed by atoms with van der Waals surface area (Å²) in [7, 11) is 0. The molecule has 0 unspecified atom stereocenters. The first-order valence-electron chi connectivity index (χ1n) is 3.71. The molecule has 0 saturated heterocycles. The minimum Gasteiger partial charge on any atom is -0.506 e. The van der Waals surface area contributed by atoms with Gasteiger partial charge in [-0.05, 0) is 24.8 Å². The third kappa shape index (κ3) is 1.04. The van der Waals surface area contributed by atoms with Crippen LogP contribution in [0.1, 0.15) is 5.56 Å². The molecule has 62 valence electrons. The summed E-state index contributed by atoms with van der Waals surface area (Å²) in [5, 5.41) is 13.1. The molecule has 1 aromatic carbocycles. The average molecular weight is 182 g/mol. The van der Waals surface area contributed by atoms with Crippen LogP contribution in [0.4, 0.5) is 5.69 Å². The minimum absolute atomic E-state index is 0.249. The van der Waals surface area contributed by atoms with Gasteiger partial charge in [0, 0.05) is 10.6 Å². The molecule has 0 spiro atoms. The van der Waals surface area contributed by atoms with Gasteiger partial charge in [0.05, 0.1) is 5.69 Å². The van der Waals surface area contributed by atoms with E-state index in [1.807, 2.05) is 6.08 Å². The van der Waals surface area contributed by atoms with Gasteiger partial charge in [0.25, 0.3) is 0 Å². The lowest BCUT2D eigenvalue weighted by Gasteiger charge is -2.15. The Bertz CT molecular complexity index is 314. The summed E-state index contributed by atoms with van der Waals surface area (Å²) in [5.41, 5.74) is 1.68. The normalized spacial score (nSPS) is 13.8. The highest BCUT2D eigenvalue weighted by Gasteiger charge is 2.11. The van der Waals surface area contributed by atoms with E-state index in [1.54, 1.807) is 18.3 Å². The number of phenols is 1. The molecule has 12 heavy (non-hydrogen) atoms. The summed E-state index contributed by atoms with van der Waals surface area (Å²) in [4.78, 5) is 0. The van der Waals surface area contributed by atoms with Gasteiger partial charge < -0.3 is 10.4 Å². The molecule has 1 aromatic rings. The van der Waals surface area contributed by atoms with Crippen molar-refractivity contribution in [2.24, 2.45) is 0 Å². The van der Waals surface area contributed by atoms with E-state index in [9.17, 15) is 5.11 Å². The number of phenolic OH excluding ortho intramolecular Hbond substituents is 1. The number of hydrogen-bond donors (Lipinski definition) is 2. The van der Waals surface area contributed by atoms with Gasteiger partial charge in [0.15, 0.2) is 0 Å². The second-order valence-electron chi connectivity index (χ2n) is 2.67. The number of hydrogen-bond acceptors (Lipinski definition) is 2. The van der Waals surface area contributed by atoms with E-state index in [0.717, 1.165) is 17.7 Å². The summed E-state index contributed by atoms with van der Waals surface area (Å²) in [5.74, 6) is 0.249. The summed E-state index contributed by atoms with van der Waals surface area (Å²) < 4.78 is 0. The molecular formula is C9H8ClNO. The van der Waals surface area contributed by atoms with Crippen LogP contribution in [0.2, 0.25) is 5.02 Å². The Kier molecular flexibility index (Phi) is 1.70. The molecule has 1 aliphatic rings. The maximum absolute atomic E-state index is 9.43. The van der Waals surface area contributed by atoms with Crippen molar-refractivity contribution in [3.63, 3.8) is 0 Å². The first kappa shape index (κ1) is 7.50. The van der Waals surface area contributed by atoms with Crippen LogP contribution in [0.15, 0.2) is 24.4 Å². The van der Waals surface area contributed by atoms with Crippen LogP contribution < -0.4 is 5.32 Å². The van der Waals surface area contributed by atoms with E-state index in [1.165, 1.54) is 0 Å². The lowest BCUT2D eigenvalue weighted by atomic mass is 10.1. The third-order valence-corrected chi connectivity index (χ3v) is 2.26. The van der Waals surface area contributed by atoms with E-state index < -0.39 is 0 Å². The number of rotatable bonds is 0.